The summed E-state index contributed by atoms with van der Waals surface area (Å²) in [5, 5.41) is 0. The van der Waals surface area contributed by atoms with E-state index in [1.807, 2.05) is 6.92 Å². The number of imidazole rings is 1. The number of H-pyrrole nitrogens is 1. The van der Waals surface area contributed by atoms with Gasteiger partial charge in [-0.1, -0.05) is 13.3 Å². The molecule has 0 saturated carbocycles. The van der Waals surface area contributed by atoms with Gasteiger partial charge in [-0.05, 0) is 12.8 Å². The van der Waals surface area contributed by atoms with Crippen molar-refractivity contribution in [1.29, 1.82) is 0 Å². The lowest BCUT2D eigenvalue weighted by molar-refractivity contribution is -0.118. The molecule has 17 heavy (non-hydrogen) atoms. The maximum Gasteiger partial charge on any atom is 0.374 e. The zero-order valence-corrected chi connectivity index (χ0v) is 9.86. The van der Waals surface area contributed by atoms with Crippen LogP contribution in [-0.2, 0) is 16.0 Å². The molecule has 0 fully saturated rings. The molecule has 0 atom stereocenters. The Hall–Kier alpha value is -1.85. The number of ether oxygens (including phenoxy) is 1. The van der Waals surface area contributed by atoms with E-state index < -0.39 is 5.97 Å². The summed E-state index contributed by atoms with van der Waals surface area (Å²) in [5.41, 5.74) is 5.72. The number of unbranched alkanes of at least 4 members (excludes halogenated alkanes) is 1. The molecule has 6 heteroatoms. The SMILES string of the molecule is CCCCOC(=O)c1ncc(CCC(N)=O)[nH]1. The zero-order valence-electron chi connectivity index (χ0n) is 9.86. The monoisotopic (exact) mass is 239 g/mol. The number of nitrogens with one attached hydrogen (secondary N) is 1. The van der Waals surface area contributed by atoms with Gasteiger partial charge in [-0.2, -0.15) is 0 Å². The van der Waals surface area contributed by atoms with E-state index >= 15 is 0 Å². The maximum absolute atomic E-state index is 11.5. The summed E-state index contributed by atoms with van der Waals surface area (Å²) in [5.74, 6) is -0.684. The molecule has 0 aliphatic heterocycles. The number of nitrogens with two attached hydrogens (primary N) is 1. The van der Waals surface area contributed by atoms with Gasteiger partial charge >= 0.3 is 5.97 Å². The van der Waals surface area contributed by atoms with Crippen LogP contribution in [0, 0.1) is 0 Å². The highest BCUT2D eigenvalue weighted by atomic mass is 16.5. The summed E-state index contributed by atoms with van der Waals surface area (Å²) >= 11 is 0. The average molecular weight is 239 g/mol. The van der Waals surface area contributed by atoms with E-state index in [0.29, 0.717) is 18.7 Å². The van der Waals surface area contributed by atoms with Gasteiger partial charge in [-0.3, -0.25) is 4.79 Å². The Kier molecular flexibility index (Phi) is 5.19. The molecular weight excluding hydrogens is 222 g/mol. The van der Waals surface area contributed by atoms with Crippen LogP contribution in [0.3, 0.4) is 0 Å². The average Bonchev–Trinajstić information content (AvgIpc) is 2.75. The second-order valence-corrected chi connectivity index (χ2v) is 3.71. The van der Waals surface area contributed by atoms with Gasteiger partial charge in [0.05, 0.1) is 6.61 Å². The van der Waals surface area contributed by atoms with E-state index in [-0.39, 0.29) is 18.2 Å². The van der Waals surface area contributed by atoms with Gasteiger partial charge in [0.2, 0.25) is 11.7 Å². The van der Waals surface area contributed by atoms with E-state index in [0.717, 1.165) is 12.8 Å². The van der Waals surface area contributed by atoms with Crippen LogP contribution < -0.4 is 5.73 Å². The summed E-state index contributed by atoms with van der Waals surface area (Å²) in [6.07, 6.45) is 3.99. The molecule has 0 bridgehead atoms. The van der Waals surface area contributed by atoms with Crippen LogP contribution in [0.25, 0.3) is 0 Å². The number of aromatic amines is 1. The molecule has 1 aromatic rings. The molecule has 0 spiro atoms. The van der Waals surface area contributed by atoms with Gasteiger partial charge in [0.1, 0.15) is 0 Å². The molecule has 0 aromatic carbocycles. The number of hydrogen-bond donors (Lipinski definition) is 2. The first-order chi connectivity index (χ1) is 8.13. The van der Waals surface area contributed by atoms with Crippen molar-refractivity contribution in [3.05, 3.63) is 17.7 Å². The molecule has 0 saturated heterocycles. The lowest BCUT2D eigenvalue weighted by Gasteiger charge is -2.00. The molecule has 1 aromatic heterocycles. The lowest BCUT2D eigenvalue weighted by Crippen LogP contribution is -2.11. The van der Waals surface area contributed by atoms with Crippen molar-refractivity contribution in [2.75, 3.05) is 6.61 Å². The predicted octanol–water partition coefficient (Wildman–Crippen LogP) is 0.784. The van der Waals surface area contributed by atoms with Gasteiger partial charge in [-0.25, -0.2) is 9.78 Å². The van der Waals surface area contributed by atoms with Crippen molar-refractivity contribution >= 4 is 11.9 Å². The summed E-state index contributed by atoms with van der Waals surface area (Å²) in [6.45, 7) is 2.41. The third kappa shape index (κ3) is 4.67. The second kappa shape index (κ2) is 6.67. The lowest BCUT2D eigenvalue weighted by atomic mass is 10.2. The third-order valence-corrected chi connectivity index (χ3v) is 2.19. The molecular formula is C11H17N3O3. The topological polar surface area (TPSA) is 98.1 Å². The first-order valence-electron chi connectivity index (χ1n) is 5.62. The minimum absolute atomic E-state index is 0.167. The number of rotatable bonds is 7. The summed E-state index contributed by atoms with van der Waals surface area (Å²) in [4.78, 5) is 28.7. The number of esters is 1. The predicted molar refractivity (Wildman–Crippen MR) is 61.3 cm³/mol. The molecule has 1 amide bonds. The number of primary amides is 1. The summed E-state index contributed by atoms with van der Waals surface area (Å²) in [6, 6.07) is 0. The highest BCUT2D eigenvalue weighted by Gasteiger charge is 2.11. The van der Waals surface area contributed by atoms with Crippen molar-refractivity contribution in [2.45, 2.75) is 32.6 Å². The zero-order chi connectivity index (χ0) is 12.7. The number of aromatic nitrogens is 2. The van der Waals surface area contributed by atoms with Gasteiger partial charge in [0, 0.05) is 18.3 Å². The van der Waals surface area contributed by atoms with Gasteiger partial charge in [0.15, 0.2) is 0 Å². The van der Waals surface area contributed by atoms with Crippen LogP contribution >= 0.6 is 0 Å². The Morgan fingerprint density at radius 1 is 1.53 bits per heavy atom. The van der Waals surface area contributed by atoms with Gasteiger partial charge in [0.25, 0.3) is 0 Å². The van der Waals surface area contributed by atoms with Crippen LogP contribution in [0.1, 0.15) is 42.5 Å². The highest BCUT2D eigenvalue weighted by molar-refractivity contribution is 5.85. The van der Waals surface area contributed by atoms with E-state index in [4.69, 9.17) is 10.5 Å². The van der Waals surface area contributed by atoms with Crippen LogP contribution in [0.15, 0.2) is 6.20 Å². The second-order valence-electron chi connectivity index (χ2n) is 3.71. The normalized spacial score (nSPS) is 10.2. The Labute approximate surface area is 99.6 Å². The van der Waals surface area contributed by atoms with Crippen molar-refractivity contribution < 1.29 is 14.3 Å². The van der Waals surface area contributed by atoms with Crippen LogP contribution in [0.5, 0.6) is 0 Å². The molecule has 1 rings (SSSR count). The standard InChI is InChI=1S/C11H17N3O3/c1-2-3-6-17-11(16)10-13-7-8(14-10)4-5-9(12)15/h7H,2-6H2,1H3,(H2,12,15)(H,13,14). The van der Waals surface area contributed by atoms with E-state index in [9.17, 15) is 9.59 Å². The summed E-state index contributed by atoms with van der Waals surface area (Å²) < 4.78 is 4.98. The molecule has 0 aliphatic rings. The van der Waals surface area contributed by atoms with Crippen molar-refractivity contribution in [3.8, 4) is 0 Å². The Morgan fingerprint density at radius 3 is 2.94 bits per heavy atom. The first-order valence-corrected chi connectivity index (χ1v) is 5.62. The smallest absolute Gasteiger partial charge is 0.374 e. The van der Waals surface area contributed by atoms with Crippen molar-refractivity contribution in [1.82, 2.24) is 9.97 Å². The molecule has 0 unspecified atom stereocenters. The number of hydrogen-bond acceptors (Lipinski definition) is 4. The van der Waals surface area contributed by atoms with E-state index in [1.165, 1.54) is 6.20 Å². The van der Waals surface area contributed by atoms with Gasteiger partial charge in [-0.15, -0.1) is 0 Å². The molecule has 0 radical (unpaired) electrons. The van der Waals surface area contributed by atoms with E-state index in [1.54, 1.807) is 0 Å². The number of amides is 1. The van der Waals surface area contributed by atoms with Crippen LogP contribution in [0.4, 0.5) is 0 Å². The maximum atomic E-state index is 11.5. The molecule has 1 heterocycles. The van der Waals surface area contributed by atoms with Crippen LogP contribution in [-0.4, -0.2) is 28.5 Å². The number of carbonyl (C=O) groups excluding carboxylic acids is 2. The quantitative estimate of drug-likeness (QED) is 0.542. The minimum Gasteiger partial charge on any atom is -0.460 e. The Bertz CT molecular complexity index is 387. The largest absolute Gasteiger partial charge is 0.460 e. The fourth-order valence-corrected chi connectivity index (χ4v) is 1.23. The minimum atomic E-state index is -0.469. The van der Waals surface area contributed by atoms with E-state index in [2.05, 4.69) is 9.97 Å². The third-order valence-electron chi connectivity index (χ3n) is 2.19. The van der Waals surface area contributed by atoms with Crippen molar-refractivity contribution in [2.24, 2.45) is 5.73 Å². The van der Waals surface area contributed by atoms with Crippen molar-refractivity contribution in [3.63, 3.8) is 0 Å². The summed E-state index contributed by atoms with van der Waals surface area (Å²) in [7, 11) is 0. The molecule has 94 valence electrons. The Balaban J connectivity index is 2.43. The molecule has 6 nitrogen and oxygen atoms in total. The molecule has 0 aliphatic carbocycles. The fourth-order valence-electron chi connectivity index (χ4n) is 1.23. The Morgan fingerprint density at radius 2 is 2.29 bits per heavy atom. The highest BCUT2D eigenvalue weighted by Crippen LogP contribution is 2.02. The fraction of sp³-hybridized carbons (Fsp3) is 0.545. The van der Waals surface area contributed by atoms with Gasteiger partial charge < -0.3 is 15.5 Å². The number of nitrogens with zero attached hydrogens (tertiary/aromatic N) is 1. The number of aryl methyl sites for hydroxylation is 1. The number of carbonyl (C=O) groups is 2. The first kappa shape index (κ1) is 13.2. The molecule has 3 N–H and O–H groups in total. The van der Waals surface area contributed by atoms with Crippen LogP contribution in [0.2, 0.25) is 0 Å².